The van der Waals surface area contributed by atoms with Gasteiger partial charge in [0.05, 0.1) is 12.2 Å². The van der Waals surface area contributed by atoms with Crippen molar-refractivity contribution in [2.24, 2.45) is 5.92 Å². The smallest absolute Gasteiger partial charge is 0.375 e. The van der Waals surface area contributed by atoms with Crippen molar-refractivity contribution in [1.82, 2.24) is 0 Å². The third-order valence-corrected chi connectivity index (χ3v) is 4.01. The van der Waals surface area contributed by atoms with Crippen molar-refractivity contribution in [2.75, 3.05) is 6.61 Å². The summed E-state index contributed by atoms with van der Waals surface area (Å²) in [6, 6.07) is 5.33. The van der Waals surface area contributed by atoms with Gasteiger partial charge in [0.2, 0.25) is 0 Å². The fourth-order valence-corrected chi connectivity index (χ4v) is 2.75. The van der Waals surface area contributed by atoms with Gasteiger partial charge in [0.25, 0.3) is 5.78 Å². The first-order chi connectivity index (χ1) is 10.7. The summed E-state index contributed by atoms with van der Waals surface area (Å²) < 4.78 is 10.6. The Morgan fingerprint density at radius 3 is 2.52 bits per heavy atom. The summed E-state index contributed by atoms with van der Waals surface area (Å²) in [6.07, 6.45) is 0. The van der Waals surface area contributed by atoms with E-state index >= 15 is 0 Å². The average molecular weight is 318 g/mol. The number of ether oxygens (including phenoxy) is 2. The highest BCUT2D eigenvalue weighted by Gasteiger charge is 2.50. The first kappa shape index (κ1) is 17.2. The van der Waals surface area contributed by atoms with Gasteiger partial charge in [-0.2, -0.15) is 0 Å². The zero-order valence-electron chi connectivity index (χ0n) is 14.1. The number of fused-ring (bicyclic) bond motifs is 1. The minimum absolute atomic E-state index is 0.0844. The molecular weight excluding hydrogens is 296 g/mol. The number of carbonyl (C=O) groups excluding carboxylic acids is 3. The van der Waals surface area contributed by atoms with E-state index in [1.807, 2.05) is 26.0 Å². The molecule has 1 atom stereocenters. The average Bonchev–Trinajstić information content (AvgIpc) is 2.45. The van der Waals surface area contributed by atoms with Crippen molar-refractivity contribution in [3.05, 3.63) is 29.3 Å². The Labute approximate surface area is 136 Å². The number of ketones is 2. The molecule has 1 heterocycles. The lowest BCUT2D eigenvalue weighted by Gasteiger charge is -2.37. The molecule has 23 heavy (non-hydrogen) atoms. The number of hydrogen-bond acceptors (Lipinski definition) is 5. The van der Waals surface area contributed by atoms with Gasteiger partial charge in [0.1, 0.15) is 17.3 Å². The molecule has 0 fully saturated rings. The van der Waals surface area contributed by atoms with Gasteiger partial charge in [-0.3, -0.25) is 9.59 Å². The number of hydrogen-bond donors (Lipinski definition) is 0. The van der Waals surface area contributed by atoms with Crippen LogP contribution < -0.4 is 4.74 Å². The molecule has 2 rings (SSSR count). The van der Waals surface area contributed by atoms with Gasteiger partial charge >= 0.3 is 5.97 Å². The molecular formula is C18H22O5. The lowest BCUT2D eigenvalue weighted by molar-refractivity contribution is -0.157. The van der Waals surface area contributed by atoms with Crippen molar-refractivity contribution >= 4 is 17.5 Å². The molecule has 1 aromatic carbocycles. The van der Waals surface area contributed by atoms with Crippen LogP contribution in [0.15, 0.2) is 18.2 Å². The standard InChI is InChI=1S/C18H22O5/c1-6-22-17(21)16(20)14-15(19)12-8-7-11(10(2)3)9-13(12)23-18(14,4)5/h7-10,14H,6H2,1-5H3. The molecule has 0 saturated heterocycles. The summed E-state index contributed by atoms with van der Waals surface area (Å²) in [5.41, 5.74) is 0.266. The maximum Gasteiger partial charge on any atom is 0.375 e. The highest BCUT2D eigenvalue weighted by molar-refractivity contribution is 6.40. The maximum absolute atomic E-state index is 12.8. The predicted molar refractivity (Wildman–Crippen MR) is 84.7 cm³/mol. The van der Waals surface area contributed by atoms with Gasteiger partial charge in [-0.25, -0.2) is 4.79 Å². The quantitative estimate of drug-likeness (QED) is 0.485. The maximum atomic E-state index is 12.8. The molecule has 1 unspecified atom stereocenters. The van der Waals surface area contributed by atoms with Gasteiger partial charge in [0, 0.05) is 0 Å². The minimum Gasteiger partial charge on any atom is -0.486 e. The van der Waals surface area contributed by atoms with E-state index in [1.54, 1.807) is 26.8 Å². The van der Waals surface area contributed by atoms with Crippen molar-refractivity contribution in [2.45, 2.75) is 46.1 Å². The lowest BCUT2D eigenvalue weighted by atomic mass is 9.78. The van der Waals surface area contributed by atoms with Crippen LogP contribution in [-0.4, -0.2) is 29.7 Å². The molecule has 0 amide bonds. The summed E-state index contributed by atoms with van der Waals surface area (Å²) in [4.78, 5) is 36.8. The van der Waals surface area contributed by atoms with Crippen LogP contribution in [0.3, 0.4) is 0 Å². The Kier molecular flexibility index (Phi) is 4.59. The summed E-state index contributed by atoms with van der Waals surface area (Å²) in [5.74, 6) is -2.70. The van der Waals surface area contributed by atoms with E-state index in [0.717, 1.165) is 5.56 Å². The predicted octanol–water partition coefficient (Wildman–Crippen LogP) is 2.91. The molecule has 0 saturated carbocycles. The second-order valence-corrected chi connectivity index (χ2v) is 6.50. The van der Waals surface area contributed by atoms with E-state index in [4.69, 9.17) is 9.47 Å². The van der Waals surface area contributed by atoms with E-state index in [-0.39, 0.29) is 6.61 Å². The molecule has 124 valence electrons. The third kappa shape index (κ3) is 3.14. The van der Waals surface area contributed by atoms with Crippen LogP contribution in [0.1, 0.15) is 56.5 Å². The zero-order chi connectivity index (χ0) is 17.4. The van der Waals surface area contributed by atoms with Crippen molar-refractivity contribution in [3.63, 3.8) is 0 Å². The summed E-state index contributed by atoms with van der Waals surface area (Å²) in [7, 11) is 0. The molecule has 0 bridgehead atoms. The van der Waals surface area contributed by atoms with E-state index in [9.17, 15) is 14.4 Å². The first-order valence-electron chi connectivity index (χ1n) is 7.77. The first-order valence-corrected chi connectivity index (χ1v) is 7.77. The molecule has 0 spiro atoms. The third-order valence-electron chi connectivity index (χ3n) is 4.01. The van der Waals surface area contributed by atoms with Crippen LogP contribution in [0, 0.1) is 5.92 Å². The Morgan fingerprint density at radius 2 is 1.96 bits per heavy atom. The number of rotatable bonds is 4. The highest BCUT2D eigenvalue weighted by atomic mass is 16.5. The highest BCUT2D eigenvalue weighted by Crippen LogP contribution is 2.39. The Balaban J connectivity index is 2.44. The van der Waals surface area contributed by atoms with Crippen molar-refractivity contribution in [1.29, 1.82) is 0 Å². The molecule has 5 nitrogen and oxygen atoms in total. The fourth-order valence-electron chi connectivity index (χ4n) is 2.75. The van der Waals surface area contributed by atoms with Crippen LogP contribution >= 0.6 is 0 Å². The number of esters is 1. The molecule has 0 aromatic heterocycles. The van der Waals surface area contributed by atoms with Gasteiger partial charge in [0.15, 0.2) is 5.78 Å². The Bertz CT molecular complexity index is 657. The molecule has 1 aliphatic heterocycles. The second-order valence-electron chi connectivity index (χ2n) is 6.50. The molecule has 5 heteroatoms. The van der Waals surface area contributed by atoms with Crippen molar-refractivity contribution in [3.8, 4) is 5.75 Å². The molecule has 0 N–H and O–H groups in total. The molecule has 1 aliphatic rings. The summed E-state index contributed by atoms with van der Waals surface area (Å²) >= 11 is 0. The van der Waals surface area contributed by atoms with Crippen LogP contribution in [0.4, 0.5) is 0 Å². The van der Waals surface area contributed by atoms with Crippen LogP contribution in [-0.2, 0) is 14.3 Å². The Morgan fingerprint density at radius 1 is 1.30 bits per heavy atom. The summed E-state index contributed by atoms with van der Waals surface area (Å²) in [6.45, 7) is 9.06. The fraction of sp³-hybridized carbons (Fsp3) is 0.500. The molecule has 1 aromatic rings. The SMILES string of the molecule is CCOC(=O)C(=O)C1C(=O)c2ccc(C(C)C)cc2OC1(C)C. The second kappa shape index (κ2) is 6.14. The van der Waals surface area contributed by atoms with Crippen LogP contribution in [0.5, 0.6) is 5.75 Å². The number of Topliss-reactive ketones (excluding diaryl/α,β-unsaturated/α-hetero) is 2. The number of benzene rings is 1. The lowest BCUT2D eigenvalue weighted by Crippen LogP contribution is -2.52. The normalized spacial score (nSPS) is 19.0. The van der Waals surface area contributed by atoms with Gasteiger partial charge in [-0.15, -0.1) is 0 Å². The van der Waals surface area contributed by atoms with Crippen molar-refractivity contribution < 1.29 is 23.9 Å². The van der Waals surface area contributed by atoms with E-state index in [1.165, 1.54) is 0 Å². The summed E-state index contributed by atoms with van der Waals surface area (Å²) in [5, 5.41) is 0. The number of carbonyl (C=O) groups is 3. The molecule has 0 aliphatic carbocycles. The monoisotopic (exact) mass is 318 g/mol. The van der Waals surface area contributed by atoms with Crippen LogP contribution in [0.2, 0.25) is 0 Å². The van der Waals surface area contributed by atoms with Gasteiger partial charge in [-0.1, -0.05) is 19.9 Å². The topological polar surface area (TPSA) is 69.7 Å². The zero-order valence-corrected chi connectivity index (χ0v) is 14.1. The van der Waals surface area contributed by atoms with E-state index in [2.05, 4.69) is 0 Å². The Hall–Kier alpha value is -2.17. The van der Waals surface area contributed by atoms with E-state index in [0.29, 0.717) is 17.2 Å². The molecule has 0 radical (unpaired) electrons. The minimum atomic E-state index is -1.20. The van der Waals surface area contributed by atoms with Gasteiger partial charge in [-0.05, 0) is 44.4 Å². The van der Waals surface area contributed by atoms with E-state index < -0.39 is 29.1 Å². The largest absolute Gasteiger partial charge is 0.486 e. The van der Waals surface area contributed by atoms with Gasteiger partial charge < -0.3 is 9.47 Å². The van der Waals surface area contributed by atoms with Crippen LogP contribution in [0.25, 0.3) is 0 Å².